The van der Waals surface area contributed by atoms with Gasteiger partial charge in [-0.1, -0.05) is 42.1 Å². The Labute approximate surface area is 194 Å². The van der Waals surface area contributed by atoms with Crippen molar-refractivity contribution in [2.24, 2.45) is 5.73 Å². The SMILES string of the molecule is NC(=O)c1c(NC(=O)CSc2nnc(C3CC3)n2Cc2ccccc2)sc2c1CCCC2. The molecular formula is C23H25N5O2S2. The van der Waals surface area contributed by atoms with Gasteiger partial charge in [0.15, 0.2) is 5.16 Å². The quantitative estimate of drug-likeness (QED) is 0.488. The second-order valence-corrected chi connectivity index (χ2v) is 10.4. The normalized spacial score (nSPS) is 15.4. The number of thioether (sulfide) groups is 1. The molecule has 2 aliphatic rings. The molecule has 0 aliphatic heterocycles. The molecule has 0 saturated heterocycles. The standard InChI is InChI=1S/C23H25N5O2S2/c24-20(30)19-16-8-4-5-9-17(16)32-22(19)25-18(29)13-31-23-27-26-21(15-10-11-15)28(23)12-14-6-2-1-3-7-14/h1-3,6-7,15H,4-5,8-13H2,(H2,24,30)(H,25,29). The van der Waals surface area contributed by atoms with Crippen LogP contribution in [0.3, 0.4) is 0 Å². The summed E-state index contributed by atoms with van der Waals surface area (Å²) >= 11 is 2.86. The third-order valence-electron chi connectivity index (χ3n) is 5.87. The van der Waals surface area contributed by atoms with Crippen LogP contribution in [-0.4, -0.2) is 32.3 Å². The predicted molar refractivity (Wildman–Crippen MR) is 126 cm³/mol. The van der Waals surface area contributed by atoms with E-state index in [1.165, 1.54) is 33.5 Å². The zero-order valence-corrected chi connectivity index (χ0v) is 19.3. The summed E-state index contributed by atoms with van der Waals surface area (Å²) in [5, 5.41) is 13.1. The van der Waals surface area contributed by atoms with Crippen LogP contribution in [0.15, 0.2) is 35.5 Å². The lowest BCUT2D eigenvalue weighted by Crippen LogP contribution is -2.19. The number of aromatic nitrogens is 3. The maximum Gasteiger partial charge on any atom is 0.251 e. The van der Waals surface area contributed by atoms with Gasteiger partial charge in [0.2, 0.25) is 5.91 Å². The zero-order valence-electron chi connectivity index (χ0n) is 17.7. The van der Waals surface area contributed by atoms with Gasteiger partial charge in [-0.3, -0.25) is 9.59 Å². The largest absolute Gasteiger partial charge is 0.365 e. The van der Waals surface area contributed by atoms with Gasteiger partial charge in [-0.25, -0.2) is 0 Å². The van der Waals surface area contributed by atoms with Gasteiger partial charge in [0, 0.05) is 10.8 Å². The molecule has 166 valence electrons. The number of rotatable bonds is 8. The fourth-order valence-corrected chi connectivity index (χ4v) is 6.23. The number of aryl methyl sites for hydroxylation is 1. The highest BCUT2D eigenvalue weighted by Gasteiger charge is 2.31. The molecule has 0 unspecified atom stereocenters. The number of nitrogens with one attached hydrogen (secondary N) is 1. The van der Waals surface area contributed by atoms with E-state index in [9.17, 15) is 9.59 Å². The monoisotopic (exact) mass is 467 g/mol. The van der Waals surface area contributed by atoms with Crippen LogP contribution in [0, 0.1) is 0 Å². The zero-order chi connectivity index (χ0) is 22.1. The van der Waals surface area contributed by atoms with E-state index in [2.05, 4.69) is 32.2 Å². The Balaban J connectivity index is 1.30. The van der Waals surface area contributed by atoms with E-state index >= 15 is 0 Å². The maximum absolute atomic E-state index is 12.8. The number of nitrogens with zero attached hydrogens (tertiary/aromatic N) is 3. The Hall–Kier alpha value is -2.65. The average molecular weight is 468 g/mol. The molecule has 3 aromatic rings. The fraction of sp³-hybridized carbons (Fsp3) is 0.391. The maximum atomic E-state index is 12.8. The van der Waals surface area contributed by atoms with Gasteiger partial charge in [0.1, 0.15) is 10.8 Å². The lowest BCUT2D eigenvalue weighted by atomic mass is 9.95. The summed E-state index contributed by atoms with van der Waals surface area (Å²) in [6.45, 7) is 0.688. The van der Waals surface area contributed by atoms with E-state index in [4.69, 9.17) is 5.73 Å². The van der Waals surface area contributed by atoms with Crippen molar-refractivity contribution in [1.82, 2.24) is 14.8 Å². The Morgan fingerprint density at radius 2 is 1.94 bits per heavy atom. The first-order valence-electron chi connectivity index (χ1n) is 10.9. The van der Waals surface area contributed by atoms with Crippen molar-refractivity contribution in [3.63, 3.8) is 0 Å². The van der Waals surface area contributed by atoms with Gasteiger partial charge in [-0.2, -0.15) is 0 Å². The molecule has 2 aliphatic carbocycles. The summed E-state index contributed by atoms with van der Waals surface area (Å²) in [4.78, 5) is 26.0. The number of amides is 2. The summed E-state index contributed by atoms with van der Waals surface area (Å²) in [6, 6.07) is 10.2. The number of fused-ring (bicyclic) bond motifs is 1. The van der Waals surface area contributed by atoms with Crippen LogP contribution in [0.5, 0.6) is 0 Å². The highest BCUT2D eigenvalue weighted by atomic mass is 32.2. The van der Waals surface area contributed by atoms with Crippen molar-refractivity contribution < 1.29 is 9.59 Å². The van der Waals surface area contributed by atoms with Gasteiger partial charge >= 0.3 is 0 Å². The molecule has 7 nitrogen and oxygen atoms in total. The molecule has 2 amide bonds. The van der Waals surface area contributed by atoms with Gasteiger partial charge in [0.25, 0.3) is 5.91 Å². The van der Waals surface area contributed by atoms with Gasteiger partial charge in [-0.15, -0.1) is 21.5 Å². The first-order valence-corrected chi connectivity index (χ1v) is 12.7. The number of benzene rings is 1. The molecule has 1 saturated carbocycles. The first kappa shape index (κ1) is 21.2. The van der Waals surface area contributed by atoms with Gasteiger partial charge < -0.3 is 15.6 Å². The van der Waals surface area contributed by atoms with Crippen molar-refractivity contribution >= 4 is 39.9 Å². The first-order chi connectivity index (χ1) is 15.6. The number of thiophene rings is 1. The van der Waals surface area contributed by atoms with Gasteiger partial charge in [0.05, 0.1) is 17.9 Å². The number of hydrogen-bond donors (Lipinski definition) is 2. The van der Waals surface area contributed by atoms with Gasteiger partial charge in [-0.05, 0) is 49.7 Å². The van der Waals surface area contributed by atoms with Crippen LogP contribution < -0.4 is 11.1 Å². The van der Waals surface area contributed by atoms with Crippen LogP contribution in [0.25, 0.3) is 0 Å². The van der Waals surface area contributed by atoms with E-state index in [0.717, 1.165) is 55.1 Å². The summed E-state index contributed by atoms with van der Waals surface area (Å²) in [7, 11) is 0. The minimum absolute atomic E-state index is 0.168. The molecule has 9 heteroatoms. The Bertz CT molecular complexity index is 1150. The molecule has 0 bridgehead atoms. The smallest absolute Gasteiger partial charge is 0.251 e. The fourth-order valence-electron chi connectivity index (χ4n) is 4.17. The molecule has 1 fully saturated rings. The third kappa shape index (κ3) is 4.45. The molecule has 32 heavy (non-hydrogen) atoms. The van der Waals surface area contributed by atoms with Crippen LogP contribution in [0.2, 0.25) is 0 Å². The molecule has 5 rings (SSSR count). The minimum atomic E-state index is -0.468. The van der Waals surface area contributed by atoms with Crippen molar-refractivity contribution in [2.45, 2.75) is 56.1 Å². The highest BCUT2D eigenvalue weighted by molar-refractivity contribution is 7.99. The lowest BCUT2D eigenvalue weighted by Gasteiger charge is -2.11. The molecular weight excluding hydrogens is 442 g/mol. The predicted octanol–water partition coefficient (Wildman–Crippen LogP) is 3.97. The molecule has 0 atom stereocenters. The summed E-state index contributed by atoms with van der Waals surface area (Å²) in [6.07, 6.45) is 6.22. The van der Waals surface area contributed by atoms with E-state index in [1.54, 1.807) is 0 Å². The summed E-state index contributed by atoms with van der Waals surface area (Å²) in [5.74, 6) is 1.02. The van der Waals surface area contributed by atoms with Crippen molar-refractivity contribution in [1.29, 1.82) is 0 Å². The van der Waals surface area contributed by atoms with Crippen molar-refractivity contribution in [3.05, 3.63) is 57.7 Å². The molecule has 0 spiro atoms. The molecule has 3 N–H and O–H groups in total. The molecule has 1 aromatic carbocycles. The Kier molecular flexibility index (Phi) is 6.01. The average Bonchev–Trinajstić information content (AvgIpc) is 3.45. The number of anilines is 1. The van der Waals surface area contributed by atoms with E-state index in [1.807, 2.05) is 18.2 Å². The number of carbonyl (C=O) groups excluding carboxylic acids is 2. The minimum Gasteiger partial charge on any atom is -0.365 e. The third-order valence-corrected chi connectivity index (χ3v) is 8.05. The summed E-state index contributed by atoms with van der Waals surface area (Å²) in [5.41, 5.74) is 8.33. The van der Waals surface area contributed by atoms with Crippen LogP contribution >= 0.6 is 23.1 Å². The Morgan fingerprint density at radius 1 is 1.16 bits per heavy atom. The second kappa shape index (κ2) is 9.07. The number of carbonyl (C=O) groups is 2. The second-order valence-electron chi connectivity index (χ2n) is 8.30. The van der Waals surface area contributed by atoms with E-state index in [0.29, 0.717) is 23.0 Å². The van der Waals surface area contributed by atoms with Crippen LogP contribution in [0.4, 0.5) is 5.00 Å². The molecule has 2 aromatic heterocycles. The van der Waals surface area contributed by atoms with E-state index in [-0.39, 0.29) is 11.7 Å². The summed E-state index contributed by atoms with van der Waals surface area (Å²) < 4.78 is 2.13. The molecule has 2 heterocycles. The van der Waals surface area contributed by atoms with Crippen molar-refractivity contribution in [2.75, 3.05) is 11.1 Å². The van der Waals surface area contributed by atoms with Crippen LogP contribution in [0.1, 0.15) is 63.8 Å². The number of primary amides is 1. The Morgan fingerprint density at radius 3 is 2.69 bits per heavy atom. The highest BCUT2D eigenvalue weighted by Crippen LogP contribution is 2.40. The topological polar surface area (TPSA) is 103 Å². The lowest BCUT2D eigenvalue weighted by molar-refractivity contribution is -0.113. The molecule has 0 radical (unpaired) electrons. The number of hydrogen-bond acceptors (Lipinski definition) is 6. The van der Waals surface area contributed by atoms with E-state index < -0.39 is 5.91 Å². The van der Waals surface area contributed by atoms with Crippen molar-refractivity contribution in [3.8, 4) is 0 Å². The van der Waals surface area contributed by atoms with Crippen LogP contribution in [-0.2, 0) is 24.2 Å². The number of nitrogens with two attached hydrogens (primary N) is 1.